The lowest BCUT2D eigenvalue weighted by Gasteiger charge is -2.20. The van der Waals surface area contributed by atoms with Crippen LogP contribution < -0.4 is 0 Å². The molecule has 1 aromatic rings. The van der Waals surface area contributed by atoms with Gasteiger partial charge in [-0.15, -0.1) is 0 Å². The normalized spacial score (nSPS) is 10.5. The fourth-order valence-corrected chi connectivity index (χ4v) is 1.58. The summed E-state index contributed by atoms with van der Waals surface area (Å²) in [5, 5.41) is 26.6. The van der Waals surface area contributed by atoms with Crippen molar-refractivity contribution in [3.63, 3.8) is 0 Å². The fraction of sp³-hybridized carbons (Fsp3) is 0.417. The van der Waals surface area contributed by atoms with E-state index in [1.165, 1.54) is 12.1 Å². The molecule has 17 heavy (non-hydrogen) atoms. The molecule has 0 aliphatic carbocycles. The standard InChI is InChI=1S/C12H15FN2O2/c13-12-2-1-10(11(7-12)8-14)9-15(3-5-16)4-6-17/h1-2,7,16-17H,3-6,9H2. The van der Waals surface area contributed by atoms with Crippen molar-refractivity contribution in [2.24, 2.45) is 0 Å². The van der Waals surface area contributed by atoms with Gasteiger partial charge in [0.25, 0.3) is 0 Å². The molecule has 0 spiro atoms. The van der Waals surface area contributed by atoms with Crippen molar-refractivity contribution in [3.8, 4) is 6.07 Å². The van der Waals surface area contributed by atoms with Crippen LogP contribution in [0.1, 0.15) is 11.1 Å². The highest BCUT2D eigenvalue weighted by Crippen LogP contribution is 2.12. The van der Waals surface area contributed by atoms with Gasteiger partial charge in [-0.3, -0.25) is 4.90 Å². The van der Waals surface area contributed by atoms with Gasteiger partial charge in [0.2, 0.25) is 0 Å². The molecular formula is C12H15FN2O2. The average Bonchev–Trinajstić information content (AvgIpc) is 2.32. The minimum absolute atomic E-state index is 0.0247. The Bertz CT molecular complexity index is 398. The first-order valence-electron chi connectivity index (χ1n) is 5.34. The molecular weight excluding hydrogens is 223 g/mol. The molecule has 0 fully saturated rings. The number of hydrogen-bond acceptors (Lipinski definition) is 4. The number of aliphatic hydroxyl groups is 2. The van der Waals surface area contributed by atoms with E-state index in [0.29, 0.717) is 25.2 Å². The molecule has 92 valence electrons. The van der Waals surface area contributed by atoms with E-state index in [4.69, 9.17) is 15.5 Å². The molecule has 0 aliphatic heterocycles. The zero-order chi connectivity index (χ0) is 12.7. The zero-order valence-corrected chi connectivity index (χ0v) is 9.43. The van der Waals surface area contributed by atoms with Crippen LogP contribution in [0.25, 0.3) is 0 Å². The van der Waals surface area contributed by atoms with Crippen molar-refractivity contribution in [2.75, 3.05) is 26.3 Å². The molecule has 0 aromatic heterocycles. The molecule has 0 aliphatic rings. The zero-order valence-electron chi connectivity index (χ0n) is 9.43. The number of hydrogen-bond donors (Lipinski definition) is 2. The SMILES string of the molecule is N#Cc1cc(F)ccc1CN(CCO)CCO. The molecule has 1 rings (SSSR count). The highest BCUT2D eigenvalue weighted by atomic mass is 19.1. The van der Waals surface area contributed by atoms with Gasteiger partial charge >= 0.3 is 0 Å². The Hall–Kier alpha value is -1.48. The summed E-state index contributed by atoms with van der Waals surface area (Å²) in [5.74, 6) is -0.443. The lowest BCUT2D eigenvalue weighted by molar-refractivity contribution is 0.156. The first-order chi connectivity index (χ1) is 8.21. The first kappa shape index (κ1) is 13.6. The third-order valence-corrected chi connectivity index (χ3v) is 2.42. The second kappa shape index (κ2) is 6.97. The van der Waals surface area contributed by atoms with E-state index in [0.717, 1.165) is 0 Å². The molecule has 1 aromatic carbocycles. The molecule has 0 radical (unpaired) electrons. The van der Waals surface area contributed by atoms with Gasteiger partial charge in [-0.05, 0) is 17.7 Å². The maximum absolute atomic E-state index is 12.9. The van der Waals surface area contributed by atoms with Crippen LogP contribution in [0.2, 0.25) is 0 Å². The van der Waals surface area contributed by atoms with E-state index in [9.17, 15) is 4.39 Å². The predicted octanol–water partition coefficient (Wildman–Crippen LogP) is 0.484. The van der Waals surface area contributed by atoms with Crippen molar-refractivity contribution in [3.05, 3.63) is 35.1 Å². The van der Waals surface area contributed by atoms with Gasteiger partial charge in [-0.25, -0.2) is 4.39 Å². The Morgan fingerprint density at radius 1 is 1.24 bits per heavy atom. The fourth-order valence-electron chi connectivity index (χ4n) is 1.58. The Labute approximate surface area is 99.5 Å². The van der Waals surface area contributed by atoms with Crippen LogP contribution in [0.3, 0.4) is 0 Å². The predicted molar refractivity (Wildman–Crippen MR) is 60.6 cm³/mol. The summed E-state index contributed by atoms with van der Waals surface area (Å²) in [4.78, 5) is 1.80. The summed E-state index contributed by atoms with van der Waals surface area (Å²) < 4.78 is 12.9. The van der Waals surface area contributed by atoms with Crippen molar-refractivity contribution >= 4 is 0 Å². The topological polar surface area (TPSA) is 67.5 Å². The molecule has 2 N–H and O–H groups in total. The van der Waals surface area contributed by atoms with Gasteiger partial charge in [-0.1, -0.05) is 6.07 Å². The van der Waals surface area contributed by atoms with Crippen LogP contribution in [-0.2, 0) is 6.54 Å². The molecule has 0 bridgehead atoms. The molecule has 5 heteroatoms. The largest absolute Gasteiger partial charge is 0.395 e. The second-order valence-corrected chi connectivity index (χ2v) is 3.64. The molecule has 0 atom stereocenters. The van der Waals surface area contributed by atoms with E-state index in [1.807, 2.05) is 6.07 Å². The molecule has 0 saturated heterocycles. The molecule has 0 saturated carbocycles. The lowest BCUT2D eigenvalue weighted by Crippen LogP contribution is -2.29. The van der Waals surface area contributed by atoms with E-state index in [-0.39, 0.29) is 18.8 Å². The van der Waals surface area contributed by atoms with Crippen molar-refractivity contribution in [2.45, 2.75) is 6.54 Å². The van der Waals surface area contributed by atoms with E-state index >= 15 is 0 Å². The van der Waals surface area contributed by atoms with Crippen LogP contribution in [0.4, 0.5) is 4.39 Å². The van der Waals surface area contributed by atoms with Crippen molar-refractivity contribution < 1.29 is 14.6 Å². The summed E-state index contributed by atoms with van der Waals surface area (Å²) in [6.45, 7) is 1.17. The van der Waals surface area contributed by atoms with E-state index in [1.54, 1.807) is 11.0 Å². The quantitative estimate of drug-likeness (QED) is 0.756. The number of nitriles is 1. The Kier molecular flexibility index (Phi) is 5.57. The van der Waals surface area contributed by atoms with Gasteiger partial charge in [0.15, 0.2) is 0 Å². The smallest absolute Gasteiger partial charge is 0.124 e. The molecule has 0 unspecified atom stereocenters. The molecule has 4 nitrogen and oxygen atoms in total. The lowest BCUT2D eigenvalue weighted by atomic mass is 10.1. The second-order valence-electron chi connectivity index (χ2n) is 3.64. The third-order valence-electron chi connectivity index (χ3n) is 2.42. The van der Waals surface area contributed by atoms with Gasteiger partial charge in [0.1, 0.15) is 5.82 Å². The monoisotopic (exact) mass is 238 g/mol. The highest BCUT2D eigenvalue weighted by Gasteiger charge is 2.09. The van der Waals surface area contributed by atoms with E-state index < -0.39 is 5.82 Å². The average molecular weight is 238 g/mol. The van der Waals surface area contributed by atoms with Gasteiger partial charge in [0, 0.05) is 19.6 Å². The maximum Gasteiger partial charge on any atom is 0.124 e. The highest BCUT2D eigenvalue weighted by molar-refractivity contribution is 5.37. The van der Waals surface area contributed by atoms with Crippen LogP contribution in [0.15, 0.2) is 18.2 Å². The van der Waals surface area contributed by atoms with Gasteiger partial charge < -0.3 is 10.2 Å². The van der Waals surface area contributed by atoms with Crippen LogP contribution in [-0.4, -0.2) is 41.4 Å². The van der Waals surface area contributed by atoms with Crippen LogP contribution >= 0.6 is 0 Å². The maximum atomic E-state index is 12.9. The van der Waals surface area contributed by atoms with Gasteiger partial charge in [0.05, 0.1) is 24.8 Å². The summed E-state index contributed by atoms with van der Waals surface area (Å²) in [6.07, 6.45) is 0. The molecule has 0 heterocycles. The Balaban J connectivity index is 2.81. The van der Waals surface area contributed by atoms with Gasteiger partial charge in [-0.2, -0.15) is 5.26 Å². The minimum atomic E-state index is -0.443. The summed E-state index contributed by atoms with van der Waals surface area (Å²) >= 11 is 0. The third kappa shape index (κ3) is 4.11. The summed E-state index contributed by atoms with van der Waals surface area (Å²) in [6, 6.07) is 5.97. The van der Waals surface area contributed by atoms with E-state index in [2.05, 4.69) is 0 Å². The van der Waals surface area contributed by atoms with Crippen LogP contribution in [0, 0.1) is 17.1 Å². The Morgan fingerprint density at radius 3 is 2.41 bits per heavy atom. The summed E-state index contributed by atoms with van der Waals surface area (Å²) in [5.41, 5.74) is 0.974. The van der Waals surface area contributed by atoms with Crippen molar-refractivity contribution in [1.82, 2.24) is 4.90 Å². The Morgan fingerprint density at radius 2 is 1.88 bits per heavy atom. The van der Waals surface area contributed by atoms with Crippen LogP contribution in [0.5, 0.6) is 0 Å². The summed E-state index contributed by atoms with van der Waals surface area (Å²) in [7, 11) is 0. The number of benzene rings is 1. The number of aliphatic hydroxyl groups excluding tert-OH is 2. The first-order valence-corrected chi connectivity index (χ1v) is 5.34. The molecule has 0 amide bonds. The van der Waals surface area contributed by atoms with Crippen molar-refractivity contribution in [1.29, 1.82) is 5.26 Å². The minimum Gasteiger partial charge on any atom is -0.395 e. The number of rotatable bonds is 6. The number of halogens is 1. The number of nitrogens with zero attached hydrogens (tertiary/aromatic N) is 2.